The third kappa shape index (κ3) is 1.60. The first kappa shape index (κ1) is 8.42. The minimum absolute atomic E-state index is 0.261. The maximum atomic E-state index is 10.3. The standard InChI is InChI=1S/C7H5N4O3/c12-11(13)7-4-8-10(9-7)5-6-2-1-3-14-6/h1-2,4H,5H2. The van der Waals surface area contributed by atoms with Crippen LogP contribution >= 0.6 is 0 Å². The van der Waals surface area contributed by atoms with Crippen LogP contribution in [-0.4, -0.2) is 19.9 Å². The third-order valence-electron chi connectivity index (χ3n) is 1.54. The highest BCUT2D eigenvalue weighted by atomic mass is 16.6. The smallest absolute Gasteiger partial charge is 0.410 e. The minimum Gasteiger partial charge on any atom is -0.456 e. The largest absolute Gasteiger partial charge is 0.456 e. The lowest BCUT2D eigenvalue weighted by Gasteiger charge is -1.88. The molecule has 0 spiro atoms. The summed E-state index contributed by atoms with van der Waals surface area (Å²) < 4.78 is 4.91. The van der Waals surface area contributed by atoms with Crippen molar-refractivity contribution in [3.8, 4) is 0 Å². The Bertz CT molecular complexity index is 433. The molecule has 0 aliphatic carbocycles. The van der Waals surface area contributed by atoms with Crippen molar-refractivity contribution in [2.75, 3.05) is 0 Å². The molecular weight excluding hydrogens is 188 g/mol. The van der Waals surface area contributed by atoms with E-state index in [1.807, 2.05) is 0 Å². The minimum atomic E-state index is -0.599. The molecule has 0 aliphatic heterocycles. The lowest BCUT2D eigenvalue weighted by Crippen LogP contribution is -2.03. The van der Waals surface area contributed by atoms with Crippen molar-refractivity contribution < 1.29 is 9.34 Å². The van der Waals surface area contributed by atoms with Crippen LogP contribution in [0.2, 0.25) is 0 Å². The fourth-order valence-corrected chi connectivity index (χ4v) is 0.943. The van der Waals surface area contributed by atoms with Gasteiger partial charge in [-0.05, 0) is 17.1 Å². The topological polar surface area (TPSA) is 87.0 Å². The van der Waals surface area contributed by atoms with Crippen LogP contribution < -0.4 is 0 Å². The van der Waals surface area contributed by atoms with Gasteiger partial charge >= 0.3 is 5.82 Å². The quantitative estimate of drug-likeness (QED) is 0.526. The molecule has 2 aromatic heterocycles. The lowest BCUT2D eigenvalue weighted by atomic mass is 10.5. The number of rotatable bonds is 3. The summed E-state index contributed by atoms with van der Waals surface area (Å²) in [5.74, 6) is 0.316. The Hall–Kier alpha value is -2.18. The molecule has 0 aromatic carbocycles. The van der Waals surface area contributed by atoms with Crippen LogP contribution in [0.25, 0.3) is 0 Å². The van der Waals surface area contributed by atoms with Crippen molar-refractivity contribution in [2.45, 2.75) is 6.54 Å². The zero-order valence-electron chi connectivity index (χ0n) is 6.95. The van der Waals surface area contributed by atoms with Gasteiger partial charge < -0.3 is 14.5 Å². The molecule has 1 radical (unpaired) electrons. The highest BCUT2D eigenvalue weighted by molar-refractivity contribution is 5.08. The first-order valence-corrected chi connectivity index (χ1v) is 3.75. The zero-order valence-corrected chi connectivity index (χ0v) is 6.95. The predicted octanol–water partition coefficient (Wildman–Crippen LogP) is 0.628. The number of aromatic nitrogens is 3. The van der Waals surface area contributed by atoms with Crippen LogP contribution in [0, 0.1) is 16.4 Å². The zero-order chi connectivity index (χ0) is 9.97. The SMILES string of the molecule is O=[N+]([O-])c1cnn(Cc2cc[c]o2)n1. The Balaban J connectivity index is 2.14. The van der Waals surface area contributed by atoms with Gasteiger partial charge in [0.05, 0.1) is 5.10 Å². The molecule has 71 valence electrons. The molecule has 2 aromatic rings. The maximum Gasteiger partial charge on any atom is 0.410 e. The van der Waals surface area contributed by atoms with E-state index in [0.717, 1.165) is 6.20 Å². The van der Waals surface area contributed by atoms with E-state index in [-0.39, 0.29) is 12.4 Å². The van der Waals surface area contributed by atoms with E-state index in [4.69, 9.17) is 4.42 Å². The molecule has 7 heteroatoms. The van der Waals surface area contributed by atoms with Gasteiger partial charge in [0.1, 0.15) is 12.3 Å². The molecule has 0 aliphatic rings. The molecule has 0 saturated carbocycles. The van der Waals surface area contributed by atoms with Crippen LogP contribution in [0.1, 0.15) is 5.76 Å². The van der Waals surface area contributed by atoms with Crippen molar-refractivity contribution in [1.82, 2.24) is 15.0 Å². The van der Waals surface area contributed by atoms with Gasteiger partial charge in [0, 0.05) is 0 Å². The van der Waals surface area contributed by atoms with E-state index < -0.39 is 4.92 Å². The summed E-state index contributed by atoms with van der Waals surface area (Å²) >= 11 is 0. The van der Waals surface area contributed by atoms with E-state index in [1.165, 1.54) is 4.80 Å². The summed E-state index contributed by atoms with van der Waals surface area (Å²) in [6, 6.07) is 3.29. The molecule has 2 heterocycles. The number of hydrogen-bond acceptors (Lipinski definition) is 5. The van der Waals surface area contributed by atoms with Gasteiger partial charge in [-0.3, -0.25) is 0 Å². The fraction of sp³-hybridized carbons (Fsp3) is 0.143. The highest BCUT2D eigenvalue weighted by Gasteiger charge is 2.13. The second-order valence-electron chi connectivity index (χ2n) is 2.51. The predicted molar refractivity (Wildman–Crippen MR) is 43.3 cm³/mol. The Morgan fingerprint density at radius 3 is 3.14 bits per heavy atom. The Morgan fingerprint density at radius 1 is 1.71 bits per heavy atom. The molecule has 0 fully saturated rings. The first-order valence-electron chi connectivity index (χ1n) is 3.75. The summed E-state index contributed by atoms with van der Waals surface area (Å²) in [6.45, 7) is 0.261. The maximum absolute atomic E-state index is 10.3. The summed E-state index contributed by atoms with van der Waals surface area (Å²) in [5, 5.41) is 17.6. The average Bonchev–Trinajstić information content (AvgIpc) is 2.75. The van der Waals surface area contributed by atoms with Gasteiger partial charge in [-0.1, -0.05) is 4.80 Å². The fourth-order valence-electron chi connectivity index (χ4n) is 0.943. The van der Waals surface area contributed by atoms with Crippen LogP contribution in [0.15, 0.2) is 22.7 Å². The van der Waals surface area contributed by atoms with Gasteiger partial charge in [-0.15, -0.1) is 5.10 Å². The molecule has 0 bridgehead atoms. The van der Waals surface area contributed by atoms with E-state index in [0.29, 0.717) is 5.76 Å². The van der Waals surface area contributed by atoms with Crippen LogP contribution in [-0.2, 0) is 6.54 Å². The summed E-state index contributed by atoms with van der Waals surface area (Å²) in [4.78, 5) is 10.9. The van der Waals surface area contributed by atoms with Crippen molar-refractivity contribution in [1.29, 1.82) is 0 Å². The van der Waals surface area contributed by atoms with Gasteiger partial charge in [-0.2, -0.15) is 0 Å². The molecule has 0 amide bonds. The van der Waals surface area contributed by atoms with Crippen molar-refractivity contribution in [3.63, 3.8) is 0 Å². The van der Waals surface area contributed by atoms with E-state index in [2.05, 4.69) is 16.5 Å². The van der Waals surface area contributed by atoms with E-state index in [1.54, 1.807) is 12.1 Å². The molecular formula is C7H5N4O3. The molecule has 2 rings (SSSR count). The van der Waals surface area contributed by atoms with Gasteiger partial charge in [0.2, 0.25) is 0 Å². The van der Waals surface area contributed by atoms with E-state index in [9.17, 15) is 10.1 Å². The molecule has 0 unspecified atom stereocenters. The number of nitrogens with zero attached hydrogens (tertiary/aromatic N) is 4. The molecule has 0 atom stereocenters. The van der Waals surface area contributed by atoms with Gasteiger partial charge in [-0.25, -0.2) is 0 Å². The Labute approximate surface area is 78.1 Å². The van der Waals surface area contributed by atoms with Crippen molar-refractivity contribution >= 4 is 5.82 Å². The molecule has 0 saturated heterocycles. The second-order valence-corrected chi connectivity index (χ2v) is 2.51. The van der Waals surface area contributed by atoms with Crippen molar-refractivity contribution in [3.05, 3.63) is 40.5 Å². The summed E-state index contributed by atoms with van der Waals surface area (Å²) in [7, 11) is 0. The van der Waals surface area contributed by atoms with Crippen LogP contribution in [0.3, 0.4) is 0 Å². The third-order valence-corrected chi connectivity index (χ3v) is 1.54. The normalized spacial score (nSPS) is 10.3. The Kier molecular flexibility index (Phi) is 1.98. The highest BCUT2D eigenvalue weighted by Crippen LogP contribution is 2.05. The second kappa shape index (κ2) is 3.29. The first-order chi connectivity index (χ1) is 6.75. The summed E-state index contributed by atoms with van der Waals surface area (Å²) in [5.41, 5.74) is 0. The van der Waals surface area contributed by atoms with E-state index >= 15 is 0 Å². The average molecular weight is 193 g/mol. The van der Waals surface area contributed by atoms with Crippen molar-refractivity contribution in [2.24, 2.45) is 0 Å². The van der Waals surface area contributed by atoms with Gasteiger partial charge in [0.15, 0.2) is 12.5 Å². The number of furan rings is 1. The van der Waals surface area contributed by atoms with Crippen LogP contribution in [0.5, 0.6) is 0 Å². The lowest BCUT2D eigenvalue weighted by molar-refractivity contribution is -0.389. The molecule has 7 nitrogen and oxygen atoms in total. The number of nitro groups is 1. The number of hydrogen-bond donors (Lipinski definition) is 0. The van der Waals surface area contributed by atoms with Crippen LogP contribution in [0.4, 0.5) is 5.82 Å². The van der Waals surface area contributed by atoms with Gasteiger partial charge in [0.25, 0.3) is 0 Å². The molecule has 14 heavy (non-hydrogen) atoms. The molecule has 0 N–H and O–H groups in total. The summed E-state index contributed by atoms with van der Waals surface area (Å²) in [6.07, 6.45) is 3.59. The Morgan fingerprint density at radius 2 is 2.57 bits per heavy atom. The monoisotopic (exact) mass is 193 g/mol.